The summed E-state index contributed by atoms with van der Waals surface area (Å²) >= 11 is 3.22. The number of thioether (sulfide) groups is 1. The molecule has 0 heterocycles. The fourth-order valence-electron chi connectivity index (χ4n) is 3.63. The molecule has 2 radical (unpaired) electrons. The minimum absolute atomic E-state index is 1.07. The first-order valence-corrected chi connectivity index (χ1v) is 12.7. The Morgan fingerprint density at radius 1 is 0.742 bits per heavy atom. The average molecular weight is 440 g/mol. The van der Waals surface area contributed by atoms with Crippen LogP contribution in [-0.2, 0) is 0 Å². The number of allylic oxidation sites excluding steroid dienone is 2. The lowest BCUT2D eigenvalue weighted by atomic mass is 9.92. The van der Waals surface area contributed by atoms with E-state index in [1.54, 1.807) is 0 Å². The van der Waals surface area contributed by atoms with Crippen molar-refractivity contribution in [1.82, 2.24) is 0 Å². The van der Waals surface area contributed by atoms with E-state index in [1.165, 1.54) is 68.5 Å². The normalized spacial score (nSPS) is 12.2. The molecule has 0 saturated carbocycles. The van der Waals surface area contributed by atoms with Crippen molar-refractivity contribution in [2.75, 3.05) is 5.75 Å². The lowest BCUT2D eigenvalue weighted by Crippen LogP contribution is -1.92. The van der Waals surface area contributed by atoms with E-state index in [9.17, 15) is 0 Å². The van der Waals surface area contributed by atoms with E-state index in [2.05, 4.69) is 106 Å². The van der Waals surface area contributed by atoms with Gasteiger partial charge in [-0.25, -0.2) is 0 Å². The minimum Gasteiger partial charge on any atom is -0.193 e. The minimum atomic E-state index is 1.07. The van der Waals surface area contributed by atoms with E-state index in [-0.39, 0.29) is 0 Å². The smallest absolute Gasteiger partial charge is 0.168 e. The van der Waals surface area contributed by atoms with Gasteiger partial charge in [-0.15, -0.1) is 11.8 Å². The van der Waals surface area contributed by atoms with Crippen LogP contribution in [0.5, 0.6) is 0 Å². The van der Waals surface area contributed by atoms with Crippen molar-refractivity contribution in [1.29, 1.82) is 0 Å². The van der Waals surface area contributed by atoms with Crippen LogP contribution in [0.15, 0.2) is 94.7 Å². The van der Waals surface area contributed by atoms with Crippen molar-refractivity contribution in [2.45, 2.75) is 43.4 Å². The zero-order chi connectivity index (χ0) is 22.1. The summed E-state index contributed by atoms with van der Waals surface area (Å²) in [4.78, 5) is 2.41. The van der Waals surface area contributed by atoms with Crippen LogP contribution in [0.2, 0.25) is 0 Å². The summed E-state index contributed by atoms with van der Waals surface area (Å²) < 4.78 is 0. The highest BCUT2D eigenvalue weighted by Gasteiger charge is 2.09. The van der Waals surface area contributed by atoms with Gasteiger partial charge in [-0.1, -0.05) is 68.0 Å². The predicted molar refractivity (Wildman–Crippen MR) is 142 cm³/mol. The summed E-state index contributed by atoms with van der Waals surface area (Å²) in [5, 5.41) is 0. The monoisotopic (exact) mass is 440 g/mol. The highest BCUT2D eigenvalue weighted by atomic mass is 32.2. The highest BCUT2D eigenvalue weighted by Crippen LogP contribution is 2.31. The van der Waals surface area contributed by atoms with E-state index in [0.717, 1.165) is 4.90 Å². The molecule has 3 heteroatoms. The molecule has 31 heavy (non-hydrogen) atoms. The number of benzene rings is 3. The second kappa shape index (κ2) is 12.1. The van der Waals surface area contributed by atoms with Crippen molar-refractivity contribution in [2.24, 2.45) is 0 Å². The molecule has 0 amide bonds. The first-order valence-electron chi connectivity index (χ1n) is 10.8. The van der Waals surface area contributed by atoms with Gasteiger partial charge >= 0.3 is 0 Å². The lowest BCUT2D eigenvalue weighted by Gasteiger charge is -2.13. The van der Waals surface area contributed by atoms with Gasteiger partial charge < -0.3 is 0 Å². The molecule has 0 N–H and O–H groups in total. The Morgan fingerprint density at radius 2 is 1.26 bits per heavy atom. The molecule has 0 unspecified atom stereocenters. The number of rotatable bonds is 9. The summed E-state index contributed by atoms with van der Waals surface area (Å²) in [6.07, 6.45) is 6.90. The SMILES string of the molecule is [B]Sc1ccc(/C(=C\C)c2cccc(/C(=C\C)c3ccc(SCCCC)cc3)c2)cc1. The largest absolute Gasteiger partial charge is 0.193 e. The van der Waals surface area contributed by atoms with Crippen LogP contribution >= 0.6 is 23.4 Å². The Hall–Kier alpha value is -2.10. The number of unbranched alkanes of at least 4 members (excludes halogenated alkanes) is 1. The van der Waals surface area contributed by atoms with Crippen LogP contribution in [0, 0.1) is 0 Å². The van der Waals surface area contributed by atoms with Crippen LogP contribution in [0.1, 0.15) is 55.9 Å². The van der Waals surface area contributed by atoms with Gasteiger partial charge in [-0.05, 0) is 94.6 Å². The molecule has 0 spiro atoms. The van der Waals surface area contributed by atoms with Gasteiger partial charge in [0.2, 0.25) is 0 Å². The van der Waals surface area contributed by atoms with Gasteiger partial charge in [0.05, 0.1) is 0 Å². The van der Waals surface area contributed by atoms with Gasteiger partial charge in [0, 0.05) is 4.90 Å². The first-order chi connectivity index (χ1) is 15.2. The van der Waals surface area contributed by atoms with Crippen molar-refractivity contribution in [3.8, 4) is 0 Å². The molecular weight excluding hydrogens is 411 g/mol. The van der Waals surface area contributed by atoms with Crippen molar-refractivity contribution in [3.63, 3.8) is 0 Å². The van der Waals surface area contributed by atoms with Crippen molar-refractivity contribution >= 4 is 41.6 Å². The predicted octanol–water partition coefficient (Wildman–Crippen LogP) is 8.66. The Bertz CT molecular complexity index is 1030. The molecule has 0 nitrogen and oxygen atoms in total. The third-order valence-electron chi connectivity index (χ3n) is 5.30. The Balaban J connectivity index is 1.86. The maximum atomic E-state index is 5.68. The third-order valence-corrected chi connectivity index (χ3v) is 6.94. The van der Waals surface area contributed by atoms with E-state index in [4.69, 9.17) is 7.12 Å². The molecule has 156 valence electrons. The molecule has 3 rings (SSSR count). The fourth-order valence-corrected chi connectivity index (χ4v) is 4.92. The summed E-state index contributed by atoms with van der Waals surface area (Å²) in [5.41, 5.74) is 7.41. The number of hydrogen-bond donors (Lipinski definition) is 0. The topological polar surface area (TPSA) is 0 Å². The lowest BCUT2D eigenvalue weighted by molar-refractivity contribution is 0.896. The molecule has 0 bridgehead atoms. The van der Waals surface area contributed by atoms with E-state index in [1.807, 2.05) is 11.8 Å². The van der Waals surface area contributed by atoms with Crippen molar-refractivity contribution in [3.05, 3.63) is 107 Å². The summed E-state index contributed by atoms with van der Waals surface area (Å²) in [6, 6.07) is 26.2. The highest BCUT2D eigenvalue weighted by molar-refractivity contribution is 8.19. The summed E-state index contributed by atoms with van der Waals surface area (Å²) in [7, 11) is 5.68. The Morgan fingerprint density at radius 3 is 1.71 bits per heavy atom. The van der Waals surface area contributed by atoms with E-state index < -0.39 is 0 Å². The maximum Gasteiger partial charge on any atom is 0.168 e. The van der Waals surface area contributed by atoms with Crippen LogP contribution in [-0.4, -0.2) is 12.9 Å². The molecule has 0 saturated heterocycles. The van der Waals surface area contributed by atoms with Crippen LogP contribution in [0.25, 0.3) is 11.1 Å². The maximum absolute atomic E-state index is 5.68. The Kier molecular flexibility index (Phi) is 9.18. The Labute approximate surface area is 197 Å². The molecule has 0 aliphatic heterocycles. The molecule has 3 aromatic carbocycles. The first kappa shape index (κ1) is 23.6. The van der Waals surface area contributed by atoms with E-state index in [0.29, 0.717) is 0 Å². The fraction of sp³-hybridized carbons (Fsp3) is 0.214. The molecule has 0 aliphatic carbocycles. The van der Waals surface area contributed by atoms with Crippen LogP contribution < -0.4 is 0 Å². The van der Waals surface area contributed by atoms with Crippen LogP contribution in [0.4, 0.5) is 0 Å². The van der Waals surface area contributed by atoms with Crippen molar-refractivity contribution < 1.29 is 0 Å². The van der Waals surface area contributed by atoms with Crippen LogP contribution in [0.3, 0.4) is 0 Å². The molecule has 0 aliphatic rings. The van der Waals surface area contributed by atoms with E-state index >= 15 is 0 Å². The third kappa shape index (κ3) is 6.21. The zero-order valence-corrected chi connectivity index (χ0v) is 20.2. The second-order valence-corrected chi connectivity index (χ2v) is 9.23. The van der Waals surface area contributed by atoms with Gasteiger partial charge in [0.15, 0.2) is 7.12 Å². The van der Waals surface area contributed by atoms with Gasteiger partial charge in [0.25, 0.3) is 0 Å². The zero-order valence-electron chi connectivity index (χ0n) is 18.6. The quantitative estimate of drug-likeness (QED) is 0.185. The molecular formula is C28H29BS2. The molecule has 3 aromatic rings. The second-order valence-electron chi connectivity index (χ2n) is 7.35. The average Bonchev–Trinajstić information content (AvgIpc) is 2.82. The number of hydrogen-bond acceptors (Lipinski definition) is 2. The standard InChI is InChI=1S/C28H29BS2/c1-4-7-19-30-25-15-11-21(12-16-25)27(5-2)23-9-8-10-24(20-23)28(6-3)22-13-17-26(31-29)18-14-22/h5-6,8-18,20H,4,7,19H2,1-3H3/b27-5-,28-6+. The summed E-state index contributed by atoms with van der Waals surface area (Å²) in [6.45, 7) is 6.45. The molecule has 0 fully saturated rings. The van der Waals surface area contributed by atoms with Gasteiger partial charge in [0.1, 0.15) is 0 Å². The van der Waals surface area contributed by atoms with Gasteiger partial charge in [-0.2, -0.15) is 11.6 Å². The molecule has 0 atom stereocenters. The molecule has 0 aromatic heterocycles. The summed E-state index contributed by atoms with van der Waals surface area (Å²) in [5.74, 6) is 1.19. The van der Waals surface area contributed by atoms with Gasteiger partial charge in [-0.3, -0.25) is 0 Å².